The minimum atomic E-state index is -0.291. The Bertz CT molecular complexity index is 907. The number of hydrogen-bond donors (Lipinski definition) is 1. The lowest BCUT2D eigenvalue weighted by Gasteiger charge is -2.20. The van der Waals surface area contributed by atoms with Crippen LogP contribution in [0.25, 0.3) is 11.3 Å². The quantitative estimate of drug-likeness (QED) is 0.664. The van der Waals surface area contributed by atoms with Crippen molar-refractivity contribution in [3.63, 3.8) is 0 Å². The summed E-state index contributed by atoms with van der Waals surface area (Å²) in [7, 11) is 0. The van der Waals surface area contributed by atoms with E-state index in [9.17, 15) is 4.39 Å². The molecule has 1 unspecified atom stereocenters. The molecule has 128 valence electrons. The number of halogens is 3. The third-order valence-electron chi connectivity index (χ3n) is 4.50. The second kappa shape index (κ2) is 6.86. The molecule has 7 heteroatoms. The summed E-state index contributed by atoms with van der Waals surface area (Å²) in [6, 6.07) is 11.0. The molecule has 1 aromatic heterocycles. The molecule has 0 amide bonds. The molecule has 0 aliphatic carbocycles. The molecule has 1 atom stereocenters. The second-order valence-corrected chi connectivity index (χ2v) is 7.32. The van der Waals surface area contributed by atoms with E-state index in [0.717, 1.165) is 34.3 Å². The van der Waals surface area contributed by atoms with Crippen LogP contribution in [0, 0.1) is 5.82 Å². The summed E-state index contributed by atoms with van der Waals surface area (Å²) in [5.41, 5.74) is 3.71. The lowest BCUT2D eigenvalue weighted by molar-refractivity contribution is 0.447. The molecule has 4 nitrogen and oxygen atoms in total. The number of fused-ring (bicyclic) bond motifs is 3. The average Bonchev–Trinajstić information content (AvgIpc) is 3.00. The van der Waals surface area contributed by atoms with E-state index < -0.39 is 0 Å². The van der Waals surface area contributed by atoms with Crippen molar-refractivity contribution in [2.24, 2.45) is 0 Å². The summed E-state index contributed by atoms with van der Waals surface area (Å²) in [5.74, 6) is -0.291. The van der Waals surface area contributed by atoms with Gasteiger partial charge in [0.05, 0.1) is 11.9 Å². The molecule has 1 aliphatic heterocycles. The molecule has 1 N–H and O–H groups in total. The number of benzene rings is 2. The van der Waals surface area contributed by atoms with Crippen LogP contribution >= 0.6 is 27.5 Å². The van der Waals surface area contributed by atoms with Gasteiger partial charge in [-0.15, -0.1) is 5.10 Å². The summed E-state index contributed by atoms with van der Waals surface area (Å²) in [6.45, 7) is 1.10. The first kappa shape index (κ1) is 16.7. The summed E-state index contributed by atoms with van der Waals surface area (Å²) < 4.78 is 17.0. The van der Waals surface area contributed by atoms with Crippen molar-refractivity contribution in [1.82, 2.24) is 20.3 Å². The number of rotatable bonds is 3. The van der Waals surface area contributed by atoms with Gasteiger partial charge in [0.2, 0.25) is 0 Å². The molecule has 3 aromatic rings. The molecule has 2 aromatic carbocycles. The Morgan fingerprint density at radius 2 is 2.20 bits per heavy atom. The highest BCUT2D eigenvalue weighted by Crippen LogP contribution is 2.35. The van der Waals surface area contributed by atoms with E-state index >= 15 is 0 Å². The van der Waals surface area contributed by atoms with Crippen LogP contribution in [-0.4, -0.2) is 15.0 Å². The van der Waals surface area contributed by atoms with Crippen LogP contribution in [0.5, 0.6) is 0 Å². The van der Waals surface area contributed by atoms with E-state index in [0.29, 0.717) is 17.1 Å². The van der Waals surface area contributed by atoms with Crippen LogP contribution in [0.3, 0.4) is 0 Å². The van der Waals surface area contributed by atoms with Gasteiger partial charge >= 0.3 is 0 Å². The molecule has 0 saturated carbocycles. The highest BCUT2D eigenvalue weighted by molar-refractivity contribution is 9.10. The first-order valence-electron chi connectivity index (χ1n) is 7.98. The second-order valence-electron chi connectivity index (χ2n) is 6.00. The summed E-state index contributed by atoms with van der Waals surface area (Å²) in [6.07, 6.45) is 2.61. The van der Waals surface area contributed by atoms with Gasteiger partial charge < -0.3 is 5.32 Å². The number of nitrogens with zero attached hydrogens (tertiary/aromatic N) is 3. The zero-order valence-electron chi connectivity index (χ0n) is 13.2. The first-order valence-corrected chi connectivity index (χ1v) is 9.15. The van der Waals surface area contributed by atoms with E-state index in [1.165, 1.54) is 6.07 Å². The summed E-state index contributed by atoms with van der Waals surface area (Å²) in [5, 5.41) is 12.1. The minimum absolute atomic E-state index is 0.0601. The van der Waals surface area contributed by atoms with Crippen LogP contribution in [-0.2, 0) is 13.1 Å². The van der Waals surface area contributed by atoms with Gasteiger partial charge in [-0.1, -0.05) is 44.9 Å². The zero-order valence-corrected chi connectivity index (χ0v) is 15.6. The van der Waals surface area contributed by atoms with Crippen molar-refractivity contribution in [1.29, 1.82) is 0 Å². The molecule has 0 radical (unpaired) electrons. The predicted octanol–water partition coefficient (Wildman–Crippen LogP) is 4.73. The molecule has 0 spiro atoms. The first-order chi connectivity index (χ1) is 12.1. The Hall–Kier alpha value is -1.76. The molecule has 0 fully saturated rings. The Balaban J connectivity index is 1.67. The van der Waals surface area contributed by atoms with E-state index in [1.54, 1.807) is 18.3 Å². The van der Waals surface area contributed by atoms with Gasteiger partial charge in [-0.25, -0.2) is 9.07 Å². The van der Waals surface area contributed by atoms with E-state index in [-0.39, 0.29) is 11.9 Å². The topological polar surface area (TPSA) is 42.7 Å². The van der Waals surface area contributed by atoms with Crippen LogP contribution in [0.2, 0.25) is 5.02 Å². The SMILES string of the molecule is Fc1cccc(Cl)c1CNC1CCn2nncc2-c2ccc(Br)cc21. The average molecular weight is 422 g/mol. The van der Waals surface area contributed by atoms with Crippen LogP contribution in [0.15, 0.2) is 47.1 Å². The lowest BCUT2D eigenvalue weighted by Crippen LogP contribution is -2.22. The normalized spacial score (nSPS) is 16.2. The third kappa shape index (κ3) is 3.21. The summed E-state index contributed by atoms with van der Waals surface area (Å²) in [4.78, 5) is 0. The fourth-order valence-electron chi connectivity index (χ4n) is 3.23. The maximum absolute atomic E-state index is 14.1. The minimum Gasteiger partial charge on any atom is -0.306 e. The van der Waals surface area contributed by atoms with Gasteiger partial charge in [-0.05, 0) is 36.2 Å². The summed E-state index contributed by atoms with van der Waals surface area (Å²) >= 11 is 9.70. The number of aryl methyl sites for hydroxylation is 1. The Labute approximate surface area is 158 Å². The molecule has 4 rings (SSSR count). The zero-order chi connectivity index (χ0) is 17.4. The molecule has 25 heavy (non-hydrogen) atoms. The van der Waals surface area contributed by atoms with Crippen molar-refractivity contribution < 1.29 is 4.39 Å². The fourth-order valence-corrected chi connectivity index (χ4v) is 3.84. The van der Waals surface area contributed by atoms with E-state index in [2.05, 4.69) is 43.7 Å². The maximum Gasteiger partial charge on any atom is 0.129 e. The van der Waals surface area contributed by atoms with Gasteiger partial charge in [0.1, 0.15) is 5.82 Å². The Morgan fingerprint density at radius 3 is 3.04 bits per heavy atom. The standard InChI is InChI=1S/C18H15BrClFN4/c19-11-4-5-12-13(8-11)17(6-7-25-18(12)10-23-24-25)22-9-14-15(20)2-1-3-16(14)21/h1-5,8,10,17,22H,6-7,9H2. The van der Waals surface area contributed by atoms with Crippen molar-refractivity contribution in [3.05, 3.63) is 69.0 Å². The molecular weight excluding hydrogens is 407 g/mol. The van der Waals surface area contributed by atoms with Gasteiger partial charge in [-0.2, -0.15) is 0 Å². The molecular formula is C18H15BrClFN4. The number of nitrogens with one attached hydrogen (secondary N) is 1. The van der Waals surface area contributed by atoms with Gasteiger partial charge in [-0.3, -0.25) is 0 Å². The smallest absolute Gasteiger partial charge is 0.129 e. The molecule has 2 heterocycles. The van der Waals surface area contributed by atoms with Crippen molar-refractivity contribution in [2.45, 2.75) is 25.6 Å². The number of aromatic nitrogens is 3. The van der Waals surface area contributed by atoms with Crippen LogP contribution < -0.4 is 5.32 Å². The van der Waals surface area contributed by atoms with Gasteiger partial charge in [0.15, 0.2) is 0 Å². The fraction of sp³-hybridized carbons (Fsp3) is 0.222. The maximum atomic E-state index is 14.1. The lowest BCUT2D eigenvalue weighted by atomic mass is 9.97. The molecule has 0 bridgehead atoms. The Morgan fingerprint density at radius 1 is 1.32 bits per heavy atom. The monoisotopic (exact) mass is 420 g/mol. The van der Waals surface area contributed by atoms with Gasteiger partial charge in [0, 0.05) is 39.8 Å². The van der Waals surface area contributed by atoms with E-state index in [1.807, 2.05) is 10.7 Å². The largest absolute Gasteiger partial charge is 0.306 e. The molecule has 1 aliphatic rings. The number of hydrogen-bond acceptors (Lipinski definition) is 3. The van der Waals surface area contributed by atoms with Crippen molar-refractivity contribution in [2.75, 3.05) is 0 Å². The van der Waals surface area contributed by atoms with E-state index in [4.69, 9.17) is 11.6 Å². The van der Waals surface area contributed by atoms with Gasteiger partial charge in [0.25, 0.3) is 0 Å². The van der Waals surface area contributed by atoms with Crippen LogP contribution in [0.1, 0.15) is 23.6 Å². The van der Waals surface area contributed by atoms with Crippen molar-refractivity contribution in [3.8, 4) is 11.3 Å². The third-order valence-corrected chi connectivity index (χ3v) is 5.35. The Kier molecular flexibility index (Phi) is 4.58. The van der Waals surface area contributed by atoms with Crippen LogP contribution in [0.4, 0.5) is 4.39 Å². The predicted molar refractivity (Wildman–Crippen MR) is 98.8 cm³/mol. The highest BCUT2D eigenvalue weighted by Gasteiger charge is 2.23. The highest BCUT2D eigenvalue weighted by atomic mass is 79.9. The van der Waals surface area contributed by atoms with Crippen molar-refractivity contribution >= 4 is 27.5 Å². The molecule has 0 saturated heterocycles.